The number of aliphatic hydroxyl groups excluding tert-OH is 1. The highest BCUT2D eigenvalue weighted by atomic mass is 35.5. The van der Waals surface area contributed by atoms with Crippen LogP contribution in [-0.2, 0) is 0 Å². The number of aliphatic hydroxyl groups is 1. The second-order valence-electron chi connectivity index (χ2n) is 5.16. The average molecular weight is 313 g/mol. The van der Waals surface area contributed by atoms with Crippen LogP contribution in [0.3, 0.4) is 0 Å². The Morgan fingerprint density at radius 2 is 2.00 bits per heavy atom. The largest absolute Gasteiger partial charge is 0.492 e. The summed E-state index contributed by atoms with van der Waals surface area (Å²) in [6.07, 6.45) is 3.61. The number of pyridine rings is 1. The van der Waals surface area contributed by atoms with Gasteiger partial charge in [0.15, 0.2) is 0 Å². The van der Waals surface area contributed by atoms with Crippen LogP contribution in [0.5, 0.6) is 0 Å². The normalized spacial score (nSPS) is 16.2. The van der Waals surface area contributed by atoms with Crippen molar-refractivity contribution in [2.24, 2.45) is 0 Å². The van der Waals surface area contributed by atoms with Gasteiger partial charge < -0.3 is 10.0 Å². The highest BCUT2D eigenvalue weighted by molar-refractivity contribution is 6.29. The molecule has 3 heterocycles. The van der Waals surface area contributed by atoms with Crippen LogP contribution in [0.4, 0.5) is 5.69 Å². The van der Waals surface area contributed by atoms with Crippen LogP contribution in [0.1, 0.15) is 0 Å². The third-order valence-electron chi connectivity index (χ3n) is 3.77. The second kappa shape index (κ2) is 4.68. The summed E-state index contributed by atoms with van der Waals surface area (Å²) in [5.41, 5.74) is 5.56. The molecule has 0 fully saturated rings. The fourth-order valence-electron chi connectivity index (χ4n) is 2.75. The number of rotatable bonds is 1. The molecule has 110 valence electrons. The first-order valence-corrected chi connectivity index (χ1v) is 7.19. The van der Waals surface area contributed by atoms with Crippen molar-refractivity contribution < 1.29 is 5.11 Å². The van der Waals surface area contributed by atoms with E-state index in [1.165, 1.54) is 0 Å². The molecule has 22 heavy (non-hydrogen) atoms. The van der Waals surface area contributed by atoms with Gasteiger partial charge in [-0.15, -0.1) is 0 Å². The van der Waals surface area contributed by atoms with E-state index in [-0.39, 0.29) is 5.88 Å². The Morgan fingerprint density at radius 1 is 1.18 bits per heavy atom. The van der Waals surface area contributed by atoms with Crippen molar-refractivity contribution in [3.8, 4) is 0 Å². The number of halogens is 1. The molecule has 0 bridgehead atoms. The maximum absolute atomic E-state index is 10.6. The van der Waals surface area contributed by atoms with E-state index in [1.54, 1.807) is 23.3 Å². The minimum atomic E-state index is 0.132. The Balaban J connectivity index is 1.90. The minimum Gasteiger partial charge on any atom is -0.492 e. The summed E-state index contributed by atoms with van der Waals surface area (Å²) >= 11 is 5.82. The zero-order valence-electron chi connectivity index (χ0n) is 11.8. The predicted molar refractivity (Wildman–Crippen MR) is 85.8 cm³/mol. The van der Waals surface area contributed by atoms with Crippen LogP contribution >= 0.6 is 11.6 Å². The molecule has 0 amide bonds. The summed E-state index contributed by atoms with van der Waals surface area (Å²) < 4.78 is 0. The minimum absolute atomic E-state index is 0.132. The lowest BCUT2D eigenvalue weighted by Gasteiger charge is -2.19. The number of anilines is 1. The summed E-state index contributed by atoms with van der Waals surface area (Å²) in [5, 5.41) is 14.8. The van der Waals surface area contributed by atoms with E-state index in [4.69, 9.17) is 11.6 Å². The maximum Gasteiger partial charge on any atom is 0.237 e. The lowest BCUT2D eigenvalue weighted by molar-refractivity contribution is 0.376. The van der Waals surface area contributed by atoms with Crippen molar-refractivity contribution in [3.63, 3.8) is 0 Å². The van der Waals surface area contributed by atoms with Crippen molar-refractivity contribution in [1.29, 1.82) is 0 Å². The molecule has 0 radical (unpaired) electrons. The molecule has 0 saturated carbocycles. The summed E-state index contributed by atoms with van der Waals surface area (Å²) in [6, 6.07) is 11.5. The maximum atomic E-state index is 10.6. The van der Waals surface area contributed by atoms with Gasteiger partial charge in [0.25, 0.3) is 0 Å². The second-order valence-corrected chi connectivity index (χ2v) is 5.55. The molecule has 1 aromatic carbocycles. The SMILES string of the molecule is CN1C=c2ccccc2=C2NN(c3ccc(Cl)nc3)C(O)=C21. The summed E-state index contributed by atoms with van der Waals surface area (Å²) in [5.74, 6) is 0.132. The number of hydrogen-bond acceptors (Lipinski definition) is 5. The molecule has 2 aromatic rings. The smallest absolute Gasteiger partial charge is 0.237 e. The van der Waals surface area contributed by atoms with Crippen molar-refractivity contribution >= 4 is 29.2 Å². The van der Waals surface area contributed by atoms with Crippen LogP contribution in [0, 0.1) is 0 Å². The van der Waals surface area contributed by atoms with Gasteiger partial charge in [-0.05, 0) is 12.1 Å². The van der Waals surface area contributed by atoms with Crippen LogP contribution in [0.15, 0.2) is 54.2 Å². The van der Waals surface area contributed by atoms with Gasteiger partial charge in [-0.2, -0.15) is 0 Å². The molecule has 2 N–H and O–H groups in total. The van der Waals surface area contributed by atoms with E-state index < -0.39 is 0 Å². The van der Waals surface area contributed by atoms with Crippen molar-refractivity contribution in [2.45, 2.75) is 0 Å². The van der Waals surface area contributed by atoms with Crippen molar-refractivity contribution in [3.05, 3.63) is 69.8 Å². The van der Waals surface area contributed by atoms with E-state index in [0.29, 0.717) is 10.8 Å². The average Bonchev–Trinajstić information content (AvgIpc) is 2.87. The van der Waals surface area contributed by atoms with E-state index in [0.717, 1.165) is 21.8 Å². The number of fused-ring (bicyclic) bond motifs is 2. The Morgan fingerprint density at radius 3 is 2.77 bits per heavy atom. The topological polar surface area (TPSA) is 51.6 Å². The van der Waals surface area contributed by atoms with E-state index in [2.05, 4.69) is 10.4 Å². The first-order valence-electron chi connectivity index (χ1n) is 6.81. The van der Waals surface area contributed by atoms with E-state index >= 15 is 0 Å². The number of hydrogen-bond donors (Lipinski definition) is 2. The number of nitrogens with one attached hydrogen (secondary N) is 1. The van der Waals surface area contributed by atoms with Crippen LogP contribution < -0.4 is 20.9 Å². The molecule has 6 heteroatoms. The summed E-state index contributed by atoms with van der Waals surface area (Å²) in [4.78, 5) is 5.96. The zero-order valence-corrected chi connectivity index (χ0v) is 12.5. The zero-order chi connectivity index (χ0) is 15.3. The molecule has 2 aliphatic rings. The lowest BCUT2D eigenvalue weighted by Crippen LogP contribution is -2.40. The van der Waals surface area contributed by atoms with Gasteiger partial charge in [0.1, 0.15) is 10.9 Å². The first-order chi connectivity index (χ1) is 10.6. The Bertz CT molecular complexity index is 904. The van der Waals surface area contributed by atoms with E-state index in [9.17, 15) is 5.11 Å². The number of hydrazine groups is 1. The van der Waals surface area contributed by atoms with Gasteiger partial charge in [0.2, 0.25) is 5.88 Å². The predicted octanol–water partition coefficient (Wildman–Crippen LogP) is 1.28. The fraction of sp³-hybridized carbons (Fsp3) is 0.0625. The quantitative estimate of drug-likeness (QED) is 0.777. The first kappa shape index (κ1) is 13.0. The van der Waals surface area contributed by atoms with E-state index in [1.807, 2.05) is 42.4 Å². The van der Waals surface area contributed by atoms with Crippen molar-refractivity contribution in [2.75, 3.05) is 12.1 Å². The highest BCUT2D eigenvalue weighted by Gasteiger charge is 2.31. The van der Waals surface area contributed by atoms with Crippen molar-refractivity contribution in [1.82, 2.24) is 15.3 Å². The molecule has 5 nitrogen and oxygen atoms in total. The molecule has 0 saturated heterocycles. The molecule has 2 aliphatic heterocycles. The highest BCUT2D eigenvalue weighted by Crippen LogP contribution is 2.30. The Hall–Kier alpha value is -2.66. The Kier molecular flexibility index (Phi) is 2.77. The van der Waals surface area contributed by atoms with Gasteiger partial charge >= 0.3 is 0 Å². The number of likely N-dealkylation sites (N-methyl/N-ethyl adjacent to an activating group) is 1. The number of benzene rings is 1. The number of nitrogens with zero attached hydrogens (tertiary/aromatic N) is 3. The molecular formula is C16H13ClN4O. The molecule has 0 unspecified atom stereocenters. The van der Waals surface area contributed by atoms with Crippen LogP contribution in [0.2, 0.25) is 5.15 Å². The van der Waals surface area contributed by atoms with Gasteiger partial charge in [0.05, 0.1) is 17.6 Å². The molecule has 0 aliphatic carbocycles. The summed E-state index contributed by atoms with van der Waals surface area (Å²) in [6.45, 7) is 0. The van der Waals surface area contributed by atoms with Gasteiger partial charge in [-0.25, -0.2) is 9.99 Å². The Labute approximate surface area is 132 Å². The molecule has 4 rings (SSSR count). The standard InChI is InChI=1S/C16H13ClN4O/c1-20-9-10-4-2-3-5-12(10)14-15(20)16(22)21(19-14)11-6-7-13(17)18-8-11/h2-9,19,22H,1H3. The van der Waals surface area contributed by atoms with Crippen LogP contribution in [-0.4, -0.2) is 22.0 Å². The fourth-order valence-corrected chi connectivity index (χ4v) is 2.87. The summed E-state index contributed by atoms with van der Waals surface area (Å²) in [7, 11) is 1.91. The van der Waals surface area contributed by atoms with Gasteiger partial charge in [-0.3, -0.25) is 5.43 Å². The van der Waals surface area contributed by atoms with Gasteiger partial charge in [0, 0.05) is 23.7 Å². The molecule has 0 atom stereocenters. The molecule has 1 aromatic heterocycles. The molecular weight excluding hydrogens is 300 g/mol. The molecule has 0 spiro atoms. The third kappa shape index (κ3) is 1.83. The van der Waals surface area contributed by atoms with Crippen LogP contribution in [0.25, 0.3) is 11.9 Å². The third-order valence-corrected chi connectivity index (χ3v) is 3.99. The van der Waals surface area contributed by atoms with Gasteiger partial charge in [-0.1, -0.05) is 35.9 Å². The monoisotopic (exact) mass is 312 g/mol. The lowest BCUT2D eigenvalue weighted by atomic mass is 10.1. The number of aromatic nitrogens is 1.